The van der Waals surface area contributed by atoms with Crippen molar-refractivity contribution in [2.24, 2.45) is 0 Å². The van der Waals surface area contributed by atoms with Crippen molar-refractivity contribution in [3.8, 4) is 17.3 Å². The number of aliphatic hydroxyl groups is 1. The molecule has 0 bridgehead atoms. The van der Waals surface area contributed by atoms with E-state index in [-0.39, 0.29) is 18.2 Å². The molecule has 0 radical (unpaired) electrons. The van der Waals surface area contributed by atoms with Crippen molar-refractivity contribution in [3.63, 3.8) is 0 Å². The van der Waals surface area contributed by atoms with Crippen LogP contribution in [0.2, 0.25) is 0 Å². The van der Waals surface area contributed by atoms with E-state index in [9.17, 15) is 14.3 Å². The van der Waals surface area contributed by atoms with E-state index in [0.29, 0.717) is 28.3 Å². The van der Waals surface area contributed by atoms with Gasteiger partial charge < -0.3 is 15.7 Å². The van der Waals surface area contributed by atoms with Crippen LogP contribution in [0.3, 0.4) is 0 Å². The Morgan fingerprint density at radius 2 is 2.10 bits per heavy atom. The van der Waals surface area contributed by atoms with Crippen LogP contribution in [0.5, 0.6) is 0 Å². The molecule has 3 heterocycles. The van der Waals surface area contributed by atoms with Gasteiger partial charge in [-0.3, -0.25) is 4.79 Å². The van der Waals surface area contributed by atoms with Crippen LogP contribution in [0.25, 0.3) is 16.9 Å². The van der Waals surface area contributed by atoms with E-state index in [2.05, 4.69) is 25.7 Å². The Morgan fingerprint density at radius 3 is 2.68 bits per heavy atom. The molecule has 3 N–H and O–H groups in total. The predicted octanol–water partition coefficient (Wildman–Crippen LogP) is 2.32. The molecule has 3 aromatic heterocycles. The van der Waals surface area contributed by atoms with Gasteiger partial charge in [0.1, 0.15) is 17.9 Å². The zero-order valence-electron chi connectivity index (χ0n) is 17.7. The minimum atomic E-state index is -1.63. The number of rotatable bonds is 7. The van der Waals surface area contributed by atoms with Crippen LogP contribution in [0.4, 0.5) is 10.1 Å². The standard InChI is InChI=1S/C21H24FN7O2/c1-12(2)27-18-15(20(30)25-10-17(22)21(3,4)31)9-26-29-11-16(28-19(18)29)13-5-6-14(7-23)24-8-13/h5-6,8-9,11-12,17,27,31H,10H2,1-4H3,(H,25,30)/t17-/m1/s1. The van der Waals surface area contributed by atoms with Gasteiger partial charge in [0.25, 0.3) is 5.91 Å². The second-order valence-corrected chi connectivity index (χ2v) is 8.00. The molecular formula is C21H24FN7O2. The summed E-state index contributed by atoms with van der Waals surface area (Å²) in [5, 5.41) is 28.6. The molecule has 3 rings (SSSR count). The summed E-state index contributed by atoms with van der Waals surface area (Å²) in [6, 6.07) is 5.27. The Balaban J connectivity index is 1.98. The van der Waals surface area contributed by atoms with Gasteiger partial charge in [-0.1, -0.05) is 0 Å². The van der Waals surface area contributed by atoms with Gasteiger partial charge in [-0.05, 0) is 39.8 Å². The van der Waals surface area contributed by atoms with Crippen molar-refractivity contribution in [3.05, 3.63) is 42.0 Å². The molecule has 0 aliphatic heterocycles. The summed E-state index contributed by atoms with van der Waals surface area (Å²) in [6.07, 6.45) is 2.99. The highest BCUT2D eigenvalue weighted by atomic mass is 19.1. The van der Waals surface area contributed by atoms with Gasteiger partial charge in [-0.2, -0.15) is 10.4 Å². The molecule has 9 nitrogen and oxygen atoms in total. The fraction of sp³-hybridized carbons (Fsp3) is 0.381. The number of alkyl halides is 1. The molecule has 0 spiro atoms. The van der Waals surface area contributed by atoms with Crippen molar-refractivity contribution in [2.45, 2.75) is 45.5 Å². The van der Waals surface area contributed by atoms with E-state index in [4.69, 9.17) is 5.26 Å². The summed E-state index contributed by atoms with van der Waals surface area (Å²) in [4.78, 5) is 21.4. The zero-order chi connectivity index (χ0) is 22.8. The van der Waals surface area contributed by atoms with Crippen LogP contribution < -0.4 is 10.6 Å². The largest absolute Gasteiger partial charge is 0.387 e. The lowest BCUT2D eigenvalue weighted by molar-refractivity contribution is -0.00177. The molecule has 0 aliphatic rings. The molecule has 0 unspecified atom stereocenters. The van der Waals surface area contributed by atoms with Crippen molar-refractivity contribution in [1.29, 1.82) is 5.26 Å². The third-order valence-electron chi connectivity index (χ3n) is 4.55. The number of anilines is 1. The summed E-state index contributed by atoms with van der Waals surface area (Å²) >= 11 is 0. The Kier molecular flexibility index (Phi) is 6.17. The van der Waals surface area contributed by atoms with E-state index >= 15 is 0 Å². The number of nitriles is 1. The molecule has 0 aromatic carbocycles. The third-order valence-corrected chi connectivity index (χ3v) is 4.55. The lowest BCUT2D eigenvalue weighted by Crippen LogP contribution is -2.42. The van der Waals surface area contributed by atoms with Gasteiger partial charge >= 0.3 is 0 Å². The Hall–Kier alpha value is -3.58. The summed E-state index contributed by atoms with van der Waals surface area (Å²) in [5.74, 6) is -0.533. The van der Waals surface area contributed by atoms with Crippen LogP contribution in [0.15, 0.2) is 30.7 Å². The maximum atomic E-state index is 14.1. The summed E-state index contributed by atoms with van der Waals surface area (Å²) < 4.78 is 15.6. The number of nitrogens with zero attached hydrogens (tertiary/aromatic N) is 5. The molecule has 3 aromatic rings. The first kappa shape index (κ1) is 22.1. The maximum Gasteiger partial charge on any atom is 0.255 e. The van der Waals surface area contributed by atoms with Gasteiger partial charge in [0.2, 0.25) is 0 Å². The number of carbonyl (C=O) groups is 1. The molecule has 0 fully saturated rings. The van der Waals surface area contributed by atoms with Crippen molar-refractivity contribution < 1.29 is 14.3 Å². The first-order chi connectivity index (χ1) is 14.6. The summed E-state index contributed by atoms with van der Waals surface area (Å²) in [6.45, 7) is 6.17. The Bertz CT molecular complexity index is 1130. The second-order valence-electron chi connectivity index (χ2n) is 8.00. The lowest BCUT2D eigenvalue weighted by atomic mass is 10.0. The van der Waals surface area contributed by atoms with Gasteiger partial charge in [-0.15, -0.1) is 0 Å². The summed E-state index contributed by atoms with van der Waals surface area (Å²) in [5.41, 5.74) is 1.06. The SMILES string of the molecule is CC(C)Nc1c(C(=O)NC[C@@H](F)C(C)(C)O)cnn2cc(-c3ccc(C#N)nc3)nc12. The fourth-order valence-electron chi connectivity index (χ4n) is 2.82. The first-order valence-corrected chi connectivity index (χ1v) is 9.76. The molecule has 1 amide bonds. The van der Waals surface area contributed by atoms with Crippen molar-refractivity contribution >= 4 is 17.2 Å². The number of hydrogen-bond donors (Lipinski definition) is 3. The van der Waals surface area contributed by atoms with E-state index < -0.39 is 17.7 Å². The van der Waals surface area contributed by atoms with Crippen LogP contribution >= 0.6 is 0 Å². The van der Waals surface area contributed by atoms with Crippen molar-refractivity contribution in [1.82, 2.24) is 24.9 Å². The quantitative estimate of drug-likeness (QED) is 0.530. The van der Waals surface area contributed by atoms with E-state index in [1.165, 1.54) is 24.6 Å². The highest BCUT2D eigenvalue weighted by molar-refractivity contribution is 6.02. The second kappa shape index (κ2) is 8.65. The zero-order valence-corrected chi connectivity index (χ0v) is 17.7. The van der Waals surface area contributed by atoms with Gasteiger partial charge in [-0.25, -0.2) is 18.9 Å². The number of nitrogens with one attached hydrogen (secondary N) is 2. The minimum absolute atomic E-state index is 0.0141. The topological polar surface area (TPSA) is 128 Å². The average Bonchev–Trinajstić information content (AvgIpc) is 3.15. The molecule has 0 aliphatic carbocycles. The number of amides is 1. The monoisotopic (exact) mass is 425 g/mol. The van der Waals surface area contributed by atoms with E-state index in [1.54, 1.807) is 24.5 Å². The van der Waals surface area contributed by atoms with Gasteiger partial charge in [0.05, 0.1) is 41.5 Å². The van der Waals surface area contributed by atoms with Crippen molar-refractivity contribution in [2.75, 3.05) is 11.9 Å². The third kappa shape index (κ3) is 4.95. The number of hydrogen-bond acceptors (Lipinski definition) is 7. The van der Waals surface area contributed by atoms with Crippen LogP contribution in [0, 0.1) is 11.3 Å². The Labute approximate surface area is 178 Å². The highest BCUT2D eigenvalue weighted by Gasteiger charge is 2.27. The van der Waals surface area contributed by atoms with Gasteiger partial charge in [0, 0.05) is 17.8 Å². The molecule has 10 heteroatoms. The smallest absolute Gasteiger partial charge is 0.255 e. The maximum absolute atomic E-state index is 14.1. The van der Waals surface area contributed by atoms with E-state index in [1.807, 2.05) is 19.9 Å². The molecule has 0 saturated heterocycles. The average molecular weight is 425 g/mol. The molecule has 1 atom stereocenters. The normalized spacial score (nSPS) is 12.6. The number of carbonyl (C=O) groups excluding carboxylic acids is 1. The number of pyridine rings is 1. The molecular weight excluding hydrogens is 401 g/mol. The fourth-order valence-corrected chi connectivity index (χ4v) is 2.82. The molecule has 162 valence electrons. The number of aromatic nitrogens is 4. The highest BCUT2D eigenvalue weighted by Crippen LogP contribution is 2.26. The van der Waals surface area contributed by atoms with Crippen LogP contribution in [-0.2, 0) is 0 Å². The predicted molar refractivity (Wildman–Crippen MR) is 113 cm³/mol. The van der Waals surface area contributed by atoms with Gasteiger partial charge in [0.15, 0.2) is 5.65 Å². The number of fused-ring (bicyclic) bond motifs is 1. The molecule has 31 heavy (non-hydrogen) atoms. The molecule has 0 saturated carbocycles. The number of halogens is 1. The minimum Gasteiger partial charge on any atom is -0.387 e. The van der Waals surface area contributed by atoms with E-state index in [0.717, 1.165) is 0 Å². The first-order valence-electron chi connectivity index (χ1n) is 9.76. The summed E-state index contributed by atoms with van der Waals surface area (Å²) in [7, 11) is 0. The van der Waals surface area contributed by atoms with Crippen LogP contribution in [-0.4, -0.2) is 55.0 Å². The number of imidazole rings is 1. The van der Waals surface area contributed by atoms with Crippen LogP contribution in [0.1, 0.15) is 43.7 Å². The lowest BCUT2D eigenvalue weighted by Gasteiger charge is -2.22. The Morgan fingerprint density at radius 1 is 1.35 bits per heavy atom.